The molecule has 2 aromatic rings. The summed E-state index contributed by atoms with van der Waals surface area (Å²) in [5, 5.41) is 16.7. The second-order valence-electron chi connectivity index (χ2n) is 6.10. The zero-order valence-electron chi connectivity index (χ0n) is 15.6. The molecule has 156 valence electrons. The maximum Gasteiger partial charge on any atom is 0.325 e. The molecule has 0 spiro atoms. The molecule has 0 amide bonds. The molecule has 0 saturated heterocycles. The average molecular weight is 398 g/mol. The van der Waals surface area contributed by atoms with Gasteiger partial charge in [0, 0.05) is 30.6 Å². The van der Waals surface area contributed by atoms with Gasteiger partial charge in [0.2, 0.25) is 0 Å². The van der Waals surface area contributed by atoms with Crippen molar-refractivity contribution in [3.05, 3.63) is 51.3 Å². The summed E-state index contributed by atoms with van der Waals surface area (Å²) in [5.41, 5.74) is 10.4. The summed E-state index contributed by atoms with van der Waals surface area (Å²) in [4.78, 5) is 51.5. The number of carbonyl (C=O) groups is 2. The number of carboxylic acids is 2. The van der Waals surface area contributed by atoms with Crippen LogP contribution in [-0.4, -0.2) is 54.2 Å². The Hall–Kier alpha value is -3.25. The van der Waals surface area contributed by atoms with Gasteiger partial charge in [-0.05, 0) is 12.3 Å². The van der Waals surface area contributed by atoms with Crippen LogP contribution >= 0.6 is 0 Å². The number of nitrogens with one attached hydrogen (secondary N) is 3. The van der Waals surface area contributed by atoms with Gasteiger partial charge in [0.1, 0.15) is 12.1 Å². The van der Waals surface area contributed by atoms with E-state index in [9.17, 15) is 19.2 Å². The summed E-state index contributed by atoms with van der Waals surface area (Å²) in [6.07, 6.45) is 5.18. The van der Waals surface area contributed by atoms with Gasteiger partial charge < -0.3 is 31.6 Å². The molecule has 2 atom stereocenters. The summed E-state index contributed by atoms with van der Waals surface area (Å²) in [5.74, 6) is -1.56. The molecule has 0 aliphatic rings. The van der Waals surface area contributed by atoms with E-state index in [-0.39, 0.29) is 12.0 Å². The lowest BCUT2D eigenvalue weighted by Crippen LogP contribution is -2.32. The highest BCUT2D eigenvalue weighted by Gasteiger charge is 2.12. The van der Waals surface area contributed by atoms with Gasteiger partial charge in [-0.15, -0.1) is 0 Å². The fourth-order valence-corrected chi connectivity index (χ4v) is 1.71. The minimum atomic E-state index is -1.00. The van der Waals surface area contributed by atoms with Crippen LogP contribution in [0.2, 0.25) is 0 Å². The van der Waals surface area contributed by atoms with Crippen molar-refractivity contribution in [3.63, 3.8) is 0 Å². The van der Waals surface area contributed by atoms with E-state index in [4.69, 9.17) is 21.7 Å². The highest BCUT2D eigenvalue weighted by molar-refractivity contribution is 5.73. The number of nitrogens with two attached hydrogens (primary N) is 2. The molecule has 2 rings (SSSR count). The number of imidazole rings is 1. The standard InChI is InChI=1S/C6H9N3O2.C6H13NO2.C4H4N2O2/c7-5(6(10)11)1-4-2-8-3-9-4;1-4(2)3-5(7)6(8)9;7-3-1-2-5-4(8)6-3/h2-3,5H,1,7H2,(H,8,9)(H,10,11);4-5H,3,7H2,1-2H3,(H,8,9);1-2H,(H2,5,6,7,8). The monoisotopic (exact) mass is 398 g/mol. The molecular weight excluding hydrogens is 372 g/mol. The van der Waals surface area contributed by atoms with Crippen molar-refractivity contribution >= 4 is 11.9 Å². The van der Waals surface area contributed by atoms with Gasteiger partial charge >= 0.3 is 17.6 Å². The third kappa shape index (κ3) is 12.2. The third-order valence-corrected chi connectivity index (χ3v) is 3.04. The summed E-state index contributed by atoms with van der Waals surface area (Å²) < 4.78 is 0. The highest BCUT2D eigenvalue weighted by atomic mass is 16.4. The first kappa shape index (κ1) is 24.8. The van der Waals surface area contributed by atoms with Crippen LogP contribution < -0.4 is 22.7 Å². The molecule has 28 heavy (non-hydrogen) atoms. The molecule has 0 aliphatic heterocycles. The highest BCUT2D eigenvalue weighted by Crippen LogP contribution is 2.01. The zero-order chi connectivity index (χ0) is 21.7. The number of hydrogen-bond acceptors (Lipinski definition) is 7. The van der Waals surface area contributed by atoms with Crippen molar-refractivity contribution < 1.29 is 19.8 Å². The Morgan fingerprint density at radius 3 is 2.04 bits per heavy atom. The van der Waals surface area contributed by atoms with Crippen molar-refractivity contribution in [3.8, 4) is 0 Å². The van der Waals surface area contributed by atoms with E-state index in [1.807, 2.05) is 18.8 Å². The Balaban J connectivity index is 0.000000396. The second kappa shape index (κ2) is 13.0. The van der Waals surface area contributed by atoms with Crippen molar-refractivity contribution in [1.82, 2.24) is 19.9 Å². The number of aromatic amines is 3. The minimum Gasteiger partial charge on any atom is -0.480 e. The van der Waals surface area contributed by atoms with Gasteiger partial charge in [-0.2, -0.15) is 0 Å². The summed E-state index contributed by atoms with van der Waals surface area (Å²) in [7, 11) is 0. The summed E-state index contributed by atoms with van der Waals surface area (Å²) >= 11 is 0. The number of carboxylic acid groups (broad SMARTS) is 2. The fraction of sp³-hybridized carbons (Fsp3) is 0.438. The first-order valence-electron chi connectivity index (χ1n) is 8.25. The van der Waals surface area contributed by atoms with Crippen LogP contribution in [-0.2, 0) is 16.0 Å². The molecule has 0 saturated carbocycles. The molecular formula is C16H26N6O6. The van der Waals surface area contributed by atoms with E-state index in [1.165, 1.54) is 18.6 Å². The summed E-state index contributed by atoms with van der Waals surface area (Å²) in [6, 6.07) is -0.304. The molecule has 0 bridgehead atoms. The maximum atomic E-state index is 10.3. The number of hydrogen-bond donors (Lipinski definition) is 7. The van der Waals surface area contributed by atoms with E-state index < -0.39 is 29.7 Å². The lowest BCUT2D eigenvalue weighted by Gasteiger charge is -2.07. The Labute approximate surface area is 160 Å². The normalized spacial score (nSPS) is 12.0. The molecule has 12 nitrogen and oxygen atoms in total. The quantitative estimate of drug-likeness (QED) is 0.312. The Bertz CT molecular complexity index is 788. The van der Waals surface area contributed by atoms with Crippen LogP contribution in [0.3, 0.4) is 0 Å². The van der Waals surface area contributed by atoms with E-state index in [1.54, 1.807) is 6.20 Å². The van der Waals surface area contributed by atoms with E-state index in [0.29, 0.717) is 12.3 Å². The van der Waals surface area contributed by atoms with Crippen LogP contribution in [0.5, 0.6) is 0 Å². The van der Waals surface area contributed by atoms with E-state index >= 15 is 0 Å². The van der Waals surface area contributed by atoms with Gasteiger partial charge in [0.25, 0.3) is 5.56 Å². The number of aliphatic carboxylic acids is 2. The van der Waals surface area contributed by atoms with Crippen molar-refractivity contribution in [2.45, 2.75) is 38.8 Å². The van der Waals surface area contributed by atoms with Crippen LogP contribution in [0, 0.1) is 5.92 Å². The lowest BCUT2D eigenvalue weighted by atomic mass is 10.1. The largest absolute Gasteiger partial charge is 0.480 e. The van der Waals surface area contributed by atoms with Gasteiger partial charge in [-0.1, -0.05) is 13.8 Å². The van der Waals surface area contributed by atoms with Gasteiger partial charge in [0.05, 0.1) is 6.33 Å². The summed E-state index contributed by atoms with van der Waals surface area (Å²) in [6.45, 7) is 3.89. The fourth-order valence-electron chi connectivity index (χ4n) is 1.71. The van der Waals surface area contributed by atoms with Crippen molar-refractivity contribution in [2.24, 2.45) is 17.4 Å². The predicted molar refractivity (Wildman–Crippen MR) is 101 cm³/mol. The molecule has 0 fully saturated rings. The first-order valence-corrected chi connectivity index (χ1v) is 8.25. The second-order valence-corrected chi connectivity index (χ2v) is 6.10. The van der Waals surface area contributed by atoms with Crippen molar-refractivity contribution in [2.75, 3.05) is 0 Å². The first-order chi connectivity index (χ1) is 13.0. The Morgan fingerprint density at radius 2 is 1.71 bits per heavy atom. The molecule has 0 radical (unpaired) electrons. The Morgan fingerprint density at radius 1 is 1.11 bits per heavy atom. The van der Waals surface area contributed by atoms with Crippen LogP contribution in [0.4, 0.5) is 0 Å². The topological polar surface area (TPSA) is 221 Å². The molecule has 2 aromatic heterocycles. The van der Waals surface area contributed by atoms with Crippen LogP contribution in [0.15, 0.2) is 34.4 Å². The Kier molecular flexibility index (Phi) is 11.5. The molecule has 2 heterocycles. The maximum absolute atomic E-state index is 10.3. The van der Waals surface area contributed by atoms with Crippen LogP contribution in [0.1, 0.15) is 26.0 Å². The predicted octanol–water partition coefficient (Wildman–Crippen LogP) is -1.13. The lowest BCUT2D eigenvalue weighted by molar-refractivity contribution is -0.139. The van der Waals surface area contributed by atoms with Crippen LogP contribution in [0.25, 0.3) is 0 Å². The third-order valence-electron chi connectivity index (χ3n) is 3.04. The molecule has 2 unspecified atom stereocenters. The molecule has 12 heteroatoms. The number of nitrogens with zero attached hydrogens (tertiary/aromatic N) is 1. The molecule has 0 aromatic carbocycles. The SMILES string of the molecule is CC(C)CC(N)C(=O)O.NC(Cc1cnc[nH]1)C(=O)O.O=c1cc[nH]c(=O)[nH]1. The molecule has 0 aliphatic carbocycles. The van der Waals surface area contributed by atoms with E-state index in [0.717, 1.165) is 5.69 Å². The van der Waals surface area contributed by atoms with Gasteiger partial charge in [-0.25, -0.2) is 9.78 Å². The number of aromatic nitrogens is 4. The zero-order valence-corrected chi connectivity index (χ0v) is 15.6. The number of rotatable bonds is 6. The van der Waals surface area contributed by atoms with Crippen molar-refractivity contribution in [1.29, 1.82) is 0 Å². The van der Waals surface area contributed by atoms with Gasteiger partial charge in [0.15, 0.2) is 0 Å². The minimum absolute atomic E-state index is 0.287. The smallest absolute Gasteiger partial charge is 0.325 e. The van der Waals surface area contributed by atoms with Gasteiger partial charge in [-0.3, -0.25) is 19.4 Å². The number of H-pyrrole nitrogens is 3. The van der Waals surface area contributed by atoms with E-state index in [2.05, 4.69) is 15.0 Å². The average Bonchev–Trinajstić information content (AvgIpc) is 3.08. The molecule has 9 N–H and O–H groups in total.